The zero-order valence-electron chi connectivity index (χ0n) is 18.6. The Labute approximate surface area is 191 Å². The summed E-state index contributed by atoms with van der Waals surface area (Å²) in [6, 6.07) is 14.4. The molecule has 3 unspecified atom stereocenters. The molecule has 4 rings (SSSR count). The van der Waals surface area contributed by atoms with Crippen LogP contribution in [0.4, 0.5) is 4.39 Å². The molecule has 0 spiro atoms. The SMILES string of the molecule is CCn1c(C)nc2c(c1=O)C(Cc1cccc(-c3cccc(F)c3)c1)C(N[S+](C)[O-])CC2. The predicted molar refractivity (Wildman–Crippen MR) is 127 cm³/mol. The topological polar surface area (TPSA) is 70.0 Å². The van der Waals surface area contributed by atoms with Gasteiger partial charge in [-0.1, -0.05) is 36.4 Å². The van der Waals surface area contributed by atoms with Crippen LogP contribution in [0.25, 0.3) is 11.1 Å². The van der Waals surface area contributed by atoms with Gasteiger partial charge >= 0.3 is 0 Å². The smallest absolute Gasteiger partial charge is 0.257 e. The Bertz CT molecular complexity index is 1180. The van der Waals surface area contributed by atoms with E-state index in [9.17, 15) is 13.7 Å². The van der Waals surface area contributed by atoms with Gasteiger partial charge in [-0.3, -0.25) is 9.36 Å². The molecule has 5 nitrogen and oxygen atoms in total. The van der Waals surface area contributed by atoms with Crippen LogP contribution >= 0.6 is 0 Å². The molecule has 1 aliphatic carbocycles. The molecule has 3 aromatic rings. The standard InChI is InChI=1S/C25H28FN3O2S/c1-4-29-16(2)27-23-12-11-22(28-32(3)31)21(24(23)25(29)30)14-17-7-5-8-18(13-17)19-9-6-10-20(26)15-19/h5-10,13,15,21-22,28H,4,11-12,14H2,1-3H3. The number of fused-ring (bicyclic) bond motifs is 1. The van der Waals surface area contributed by atoms with Crippen LogP contribution in [-0.2, 0) is 30.7 Å². The Balaban J connectivity index is 1.76. The second kappa shape index (κ2) is 9.57. The van der Waals surface area contributed by atoms with Crippen molar-refractivity contribution in [3.8, 4) is 11.1 Å². The molecule has 0 aliphatic heterocycles. The summed E-state index contributed by atoms with van der Waals surface area (Å²) in [6.07, 6.45) is 3.68. The molecule has 0 radical (unpaired) electrons. The molecular weight excluding hydrogens is 425 g/mol. The maximum Gasteiger partial charge on any atom is 0.257 e. The van der Waals surface area contributed by atoms with Crippen molar-refractivity contribution in [2.45, 2.75) is 51.6 Å². The molecule has 1 aliphatic rings. The summed E-state index contributed by atoms with van der Waals surface area (Å²) < 4.78 is 30.6. The number of aromatic nitrogens is 2. The number of nitrogens with zero attached hydrogens (tertiary/aromatic N) is 2. The zero-order chi connectivity index (χ0) is 22.8. The summed E-state index contributed by atoms with van der Waals surface area (Å²) in [5.41, 5.74) is 4.35. The number of nitrogens with one attached hydrogen (secondary N) is 1. The van der Waals surface area contributed by atoms with Crippen LogP contribution < -0.4 is 10.3 Å². The summed E-state index contributed by atoms with van der Waals surface area (Å²) in [5.74, 6) is 0.308. The Morgan fingerprint density at radius 2 is 1.94 bits per heavy atom. The minimum atomic E-state index is -1.19. The fourth-order valence-electron chi connectivity index (χ4n) is 4.76. The van der Waals surface area contributed by atoms with Crippen LogP contribution in [0.15, 0.2) is 53.3 Å². The molecule has 1 aromatic heterocycles. The molecule has 3 atom stereocenters. The lowest BCUT2D eigenvalue weighted by molar-refractivity contribution is 0.415. The Morgan fingerprint density at radius 1 is 1.22 bits per heavy atom. The average Bonchev–Trinajstić information content (AvgIpc) is 2.75. The van der Waals surface area contributed by atoms with E-state index in [1.54, 1.807) is 16.9 Å². The van der Waals surface area contributed by atoms with Gasteiger partial charge in [0.15, 0.2) is 0 Å². The number of aryl methyl sites for hydroxylation is 2. The fraction of sp³-hybridized carbons (Fsp3) is 0.360. The highest BCUT2D eigenvalue weighted by Crippen LogP contribution is 2.33. The molecule has 0 bridgehead atoms. The van der Waals surface area contributed by atoms with Crippen molar-refractivity contribution in [2.75, 3.05) is 6.26 Å². The first kappa shape index (κ1) is 22.7. The van der Waals surface area contributed by atoms with Crippen molar-refractivity contribution >= 4 is 11.4 Å². The van der Waals surface area contributed by atoms with Gasteiger partial charge in [-0.2, -0.15) is 0 Å². The second-order valence-corrected chi connectivity index (χ2v) is 9.45. The van der Waals surface area contributed by atoms with Crippen molar-refractivity contribution in [3.05, 3.63) is 87.3 Å². The average molecular weight is 454 g/mol. The first-order valence-electron chi connectivity index (χ1n) is 10.9. The van der Waals surface area contributed by atoms with E-state index in [2.05, 4.69) is 4.72 Å². The van der Waals surface area contributed by atoms with Gasteiger partial charge in [-0.15, -0.1) is 4.72 Å². The van der Waals surface area contributed by atoms with E-state index >= 15 is 0 Å². The molecule has 0 saturated carbocycles. The molecule has 0 saturated heterocycles. The lowest BCUT2D eigenvalue weighted by Crippen LogP contribution is -2.46. The monoisotopic (exact) mass is 453 g/mol. The second-order valence-electron chi connectivity index (χ2n) is 8.31. The summed E-state index contributed by atoms with van der Waals surface area (Å²) in [4.78, 5) is 18.1. The lowest BCUT2D eigenvalue weighted by atomic mass is 9.78. The lowest BCUT2D eigenvalue weighted by Gasteiger charge is -2.33. The molecule has 0 fully saturated rings. The number of benzene rings is 2. The zero-order valence-corrected chi connectivity index (χ0v) is 19.4. The maximum atomic E-state index is 13.7. The van der Waals surface area contributed by atoms with Crippen LogP contribution in [0.3, 0.4) is 0 Å². The van der Waals surface area contributed by atoms with Gasteiger partial charge in [0.2, 0.25) is 0 Å². The van der Waals surface area contributed by atoms with E-state index in [1.807, 2.05) is 44.2 Å². The van der Waals surface area contributed by atoms with Crippen LogP contribution in [0, 0.1) is 12.7 Å². The molecule has 7 heteroatoms. The summed E-state index contributed by atoms with van der Waals surface area (Å²) in [7, 11) is 0. The fourth-order valence-corrected chi connectivity index (χ4v) is 5.47. The minimum Gasteiger partial charge on any atom is -0.598 e. The first-order valence-corrected chi connectivity index (χ1v) is 12.5. The van der Waals surface area contributed by atoms with E-state index in [0.29, 0.717) is 19.4 Å². The normalized spacial score (nSPS) is 18.9. The third kappa shape index (κ3) is 4.65. The van der Waals surface area contributed by atoms with E-state index in [4.69, 9.17) is 4.98 Å². The molecule has 2 aromatic carbocycles. The summed E-state index contributed by atoms with van der Waals surface area (Å²) >= 11 is -1.19. The highest BCUT2D eigenvalue weighted by molar-refractivity contribution is 7.88. The molecule has 32 heavy (non-hydrogen) atoms. The number of rotatable bonds is 6. The molecule has 1 N–H and O–H groups in total. The van der Waals surface area contributed by atoms with Gasteiger partial charge < -0.3 is 4.55 Å². The Kier molecular flexibility index (Phi) is 6.79. The van der Waals surface area contributed by atoms with E-state index < -0.39 is 11.4 Å². The van der Waals surface area contributed by atoms with Crippen LogP contribution in [0.2, 0.25) is 0 Å². The van der Waals surface area contributed by atoms with Crippen molar-refractivity contribution in [3.63, 3.8) is 0 Å². The number of hydrogen-bond acceptors (Lipinski definition) is 4. The third-order valence-corrected chi connectivity index (χ3v) is 6.83. The van der Waals surface area contributed by atoms with Crippen LogP contribution in [-0.4, -0.2) is 26.4 Å². The highest BCUT2D eigenvalue weighted by Gasteiger charge is 2.35. The predicted octanol–water partition coefficient (Wildman–Crippen LogP) is 3.90. The van der Waals surface area contributed by atoms with Crippen molar-refractivity contribution in [1.82, 2.24) is 14.3 Å². The summed E-state index contributed by atoms with van der Waals surface area (Å²) in [6.45, 7) is 4.37. The maximum absolute atomic E-state index is 13.7. The minimum absolute atomic E-state index is 0.00493. The number of halogens is 1. The number of hydrogen-bond donors (Lipinski definition) is 1. The molecule has 1 heterocycles. The van der Waals surface area contributed by atoms with Crippen LogP contribution in [0.1, 0.15) is 41.9 Å². The molecule has 168 valence electrons. The quantitative estimate of drug-likeness (QED) is 0.575. The van der Waals surface area contributed by atoms with Crippen molar-refractivity contribution in [2.24, 2.45) is 0 Å². The third-order valence-electron chi connectivity index (χ3n) is 6.20. The van der Waals surface area contributed by atoms with Gasteiger partial charge in [0.05, 0.1) is 11.7 Å². The Morgan fingerprint density at radius 3 is 2.62 bits per heavy atom. The Hall–Kier alpha value is -2.48. The first-order chi connectivity index (χ1) is 15.4. The molecular formula is C25H28FN3O2S. The largest absolute Gasteiger partial charge is 0.598 e. The molecule has 0 amide bonds. The van der Waals surface area contributed by atoms with Gasteiger partial charge in [0, 0.05) is 29.4 Å². The van der Waals surface area contributed by atoms with Gasteiger partial charge in [0.25, 0.3) is 5.56 Å². The van der Waals surface area contributed by atoms with Crippen molar-refractivity contribution < 1.29 is 8.94 Å². The van der Waals surface area contributed by atoms with E-state index in [-0.39, 0.29) is 23.3 Å². The van der Waals surface area contributed by atoms with E-state index in [0.717, 1.165) is 40.2 Å². The van der Waals surface area contributed by atoms with Gasteiger partial charge in [-0.25, -0.2) is 9.37 Å². The highest BCUT2D eigenvalue weighted by atomic mass is 32.2. The van der Waals surface area contributed by atoms with Gasteiger partial charge in [-0.05, 0) is 61.9 Å². The van der Waals surface area contributed by atoms with Crippen LogP contribution in [0.5, 0.6) is 0 Å². The van der Waals surface area contributed by atoms with Crippen molar-refractivity contribution in [1.29, 1.82) is 0 Å². The summed E-state index contributed by atoms with van der Waals surface area (Å²) in [5, 5.41) is 0. The van der Waals surface area contributed by atoms with E-state index in [1.165, 1.54) is 12.1 Å². The van der Waals surface area contributed by atoms with Gasteiger partial charge in [0.1, 0.15) is 17.9 Å².